The first-order valence-electron chi connectivity index (χ1n) is 8.07. The summed E-state index contributed by atoms with van der Waals surface area (Å²) in [6.07, 6.45) is 0. The highest BCUT2D eigenvalue weighted by atomic mass is 35.5. The number of phenols is 1. The molecule has 4 rings (SSSR count). The van der Waals surface area contributed by atoms with E-state index in [4.69, 9.17) is 11.6 Å². The van der Waals surface area contributed by atoms with Crippen molar-refractivity contribution < 1.29 is 5.11 Å². The third-order valence-electron chi connectivity index (χ3n) is 4.30. The lowest BCUT2D eigenvalue weighted by Crippen LogP contribution is -2.12. The van der Waals surface area contributed by atoms with Crippen LogP contribution in [0.15, 0.2) is 53.9 Å². The predicted octanol–water partition coefficient (Wildman–Crippen LogP) is 5.79. The summed E-state index contributed by atoms with van der Waals surface area (Å²) in [6, 6.07) is 15.4. The molecule has 0 saturated carbocycles. The molecule has 0 spiro atoms. The van der Waals surface area contributed by atoms with Crippen LogP contribution in [0.1, 0.15) is 5.56 Å². The van der Waals surface area contributed by atoms with Gasteiger partial charge in [-0.15, -0.1) is 11.3 Å². The highest BCUT2D eigenvalue weighted by Gasteiger charge is 2.18. The molecule has 0 amide bonds. The Morgan fingerprint density at radius 3 is 2.38 bits per heavy atom. The zero-order chi connectivity index (χ0) is 18.3. The molecular weight excluding hydrogens is 366 g/mol. The lowest BCUT2D eigenvalue weighted by Gasteiger charge is -2.20. The van der Waals surface area contributed by atoms with Crippen molar-refractivity contribution in [2.45, 2.75) is 6.92 Å². The maximum Gasteiger partial charge on any atom is 0.225 e. The van der Waals surface area contributed by atoms with E-state index in [9.17, 15) is 5.11 Å². The fraction of sp³-hybridized carbons (Fsp3) is 0.100. The van der Waals surface area contributed by atoms with E-state index in [2.05, 4.69) is 46.5 Å². The zero-order valence-corrected chi connectivity index (χ0v) is 15.8. The average Bonchev–Trinajstić information content (AvgIpc) is 3.05. The Labute approximate surface area is 160 Å². The molecule has 2 heterocycles. The number of nitrogens with zero attached hydrogens (tertiary/aromatic N) is 3. The summed E-state index contributed by atoms with van der Waals surface area (Å²) in [5.41, 5.74) is 4.32. The van der Waals surface area contributed by atoms with E-state index in [0.717, 1.165) is 32.8 Å². The van der Waals surface area contributed by atoms with Crippen LogP contribution >= 0.6 is 22.9 Å². The van der Waals surface area contributed by atoms with Gasteiger partial charge in [-0.1, -0.05) is 29.8 Å². The minimum absolute atomic E-state index is 0.218. The van der Waals surface area contributed by atoms with Crippen LogP contribution in [-0.4, -0.2) is 22.1 Å². The van der Waals surface area contributed by atoms with Crippen molar-refractivity contribution in [3.8, 4) is 16.9 Å². The van der Waals surface area contributed by atoms with Crippen LogP contribution in [0, 0.1) is 6.92 Å². The van der Waals surface area contributed by atoms with Crippen molar-refractivity contribution in [1.29, 1.82) is 0 Å². The summed E-state index contributed by atoms with van der Waals surface area (Å²) < 4.78 is 0. The van der Waals surface area contributed by atoms with Crippen LogP contribution in [0.2, 0.25) is 5.28 Å². The van der Waals surface area contributed by atoms with E-state index >= 15 is 0 Å². The number of anilines is 2. The molecule has 0 radical (unpaired) electrons. The summed E-state index contributed by atoms with van der Waals surface area (Å²) in [5.74, 6) is 0.964. The smallest absolute Gasteiger partial charge is 0.225 e. The second kappa shape index (κ2) is 6.59. The van der Waals surface area contributed by atoms with E-state index < -0.39 is 0 Å². The Morgan fingerprint density at radius 2 is 1.69 bits per heavy atom. The van der Waals surface area contributed by atoms with Crippen LogP contribution < -0.4 is 4.90 Å². The fourth-order valence-corrected chi connectivity index (χ4v) is 4.04. The quantitative estimate of drug-likeness (QED) is 0.456. The van der Waals surface area contributed by atoms with Crippen molar-refractivity contribution in [2.75, 3.05) is 11.9 Å². The molecular formula is C20H16ClN3OS. The number of phenolic OH excluding ortho intramolecular Hbond substituents is 1. The number of fused-ring (bicyclic) bond motifs is 1. The number of benzene rings is 2. The molecule has 1 N–H and O–H groups in total. The number of aromatic nitrogens is 2. The van der Waals surface area contributed by atoms with Crippen LogP contribution in [0.3, 0.4) is 0 Å². The van der Waals surface area contributed by atoms with Crippen molar-refractivity contribution in [3.63, 3.8) is 0 Å². The SMILES string of the molecule is Cc1ccc(-c2csc3nc(Cl)nc(N(C)c4ccc(O)cc4)c23)cc1. The number of hydrogen-bond donors (Lipinski definition) is 1. The Kier molecular flexibility index (Phi) is 4.26. The van der Waals surface area contributed by atoms with Crippen molar-refractivity contribution in [3.05, 3.63) is 64.8 Å². The fourth-order valence-electron chi connectivity index (χ4n) is 2.88. The lowest BCUT2D eigenvalue weighted by atomic mass is 10.0. The predicted molar refractivity (Wildman–Crippen MR) is 109 cm³/mol. The van der Waals surface area contributed by atoms with Gasteiger partial charge in [0, 0.05) is 23.7 Å². The maximum atomic E-state index is 9.54. The summed E-state index contributed by atoms with van der Waals surface area (Å²) in [7, 11) is 1.93. The summed E-state index contributed by atoms with van der Waals surface area (Å²) in [5, 5.41) is 12.8. The first-order chi connectivity index (χ1) is 12.5. The highest BCUT2D eigenvalue weighted by Crippen LogP contribution is 2.40. The molecule has 0 aliphatic heterocycles. The van der Waals surface area contributed by atoms with Gasteiger partial charge in [0.2, 0.25) is 5.28 Å². The largest absolute Gasteiger partial charge is 0.508 e. The van der Waals surface area contributed by atoms with Crippen LogP contribution in [0.5, 0.6) is 5.75 Å². The number of halogens is 1. The highest BCUT2D eigenvalue weighted by molar-refractivity contribution is 7.17. The molecule has 6 heteroatoms. The number of rotatable bonds is 3. The third kappa shape index (κ3) is 3.00. The summed E-state index contributed by atoms with van der Waals surface area (Å²) in [4.78, 5) is 11.7. The van der Waals surface area contributed by atoms with Crippen LogP contribution in [0.4, 0.5) is 11.5 Å². The normalized spacial score (nSPS) is 11.0. The minimum Gasteiger partial charge on any atom is -0.508 e. The van der Waals surface area contributed by atoms with E-state index in [-0.39, 0.29) is 11.0 Å². The Bertz CT molecular complexity index is 1070. The van der Waals surface area contributed by atoms with Gasteiger partial charge in [-0.25, -0.2) is 4.98 Å². The number of thiophene rings is 1. The molecule has 0 bridgehead atoms. The first-order valence-corrected chi connectivity index (χ1v) is 9.33. The third-order valence-corrected chi connectivity index (χ3v) is 5.35. The molecule has 4 aromatic rings. The standard InChI is InChI=1S/C20H16ClN3OS/c1-12-3-5-13(6-4-12)16-11-26-19-17(16)18(22-20(21)23-19)24(2)14-7-9-15(25)10-8-14/h3-11,25H,1-2H3. The molecule has 4 nitrogen and oxygen atoms in total. The number of aryl methyl sites for hydroxylation is 1. The number of aromatic hydroxyl groups is 1. The van der Waals surface area contributed by atoms with Crippen molar-refractivity contribution >= 4 is 44.7 Å². The summed E-state index contributed by atoms with van der Waals surface area (Å²) in [6.45, 7) is 2.07. The van der Waals surface area contributed by atoms with Crippen LogP contribution in [0.25, 0.3) is 21.3 Å². The monoisotopic (exact) mass is 381 g/mol. The minimum atomic E-state index is 0.218. The van der Waals surface area contributed by atoms with Gasteiger partial charge in [0.15, 0.2) is 0 Å². The first kappa shape index (κ1) is 16.8. The second-order valence-corrected chi connectivity index (χ2v) is 7.28. The second-order valence-electron chi connectivity index (χ2n) is 6.09. The van der Waals surface area contributed by atoms with E-state index in [1.54, 1.807) is 23.5 Å². The lowest BCUT2D eigenvalue weighted by molar-refractivity contribution is 0.475. The van der Waals surface area contributed by atoms with Gasteiger partial charge in [0.25, 0.3) is 0 Å². The average molecular weight is 382 g/mol. The number of hydrogen-bond acceptors (Lipinski definition) is 5. The van der Waals surface area contributed by atoms with E-state index in [0.29, 0.717) is 0 Å². The van der Waals surface area contributed by atoms with Crippen LogP contribution in [-0.2, 0) is 0 Å². The molecule has 2 aromatic carbocycles. The molecule has 2 aromatic heterocycles. The Hall–Kier alpha value is -2.63. The summed E-state index contributed by atoms with van der Waals surface area (Å²) >= 11 is 7.73. The molecule has 0 aliphatic carbocycles. The van der Waals surface area contributed by atoms with Gasteiger partial charge in [-0.05, 0) is 48.4 Å². The Morgan fingerprint density at radius 1 is 1.00 bits per heavy atom. The maximum absolute atomic E-state index is 9.54. The molecule has 0 aliphatic rings. The van der Waals surface area contributed by atoms with E-state index in [1.165, 1.54) is 5.56 Å². The molecule has 0 atom stereocenters. The zero-order valence-electron chi connectivity index (χ0n) is 14.3. The van der Waals surface area contributed by atoms with Gasteiger partial charge < -0.3 is 10.0 Å². The molecule has 0 saturated heterocycles. The molecule has 0 unspecified atom stereocenters. The molecule has 26 heavy (non-hydrogen) atoms. The van der Waals surface area contributed by atoms with E-state index in [1.807, 2.05) is 24.1 Å². The van der Waals surface area contributed by atoms with Gasteiger partial charge in [0.1, 0.15) is 16.4 Å². The van der Waals surface area contributed by atoms with Gasteiger partial charge >= 0.3 is 0 Å². The Balaban J connectivity index is 1.92. The molecule has 0 fully saturated rings. The van der Waals surface area contributed by atoms with Crippen molar-refractivity contribution in [2.24, 2.45) is 0 Å². The van der Waals surface area contributed by atoms with Gasteiger partial charge in [-0.2, -0.15) is 4.98 Å². The molecule has 130 valence electrons. The van der Waals surface area contributed by atoms with Gasteiger partial charge in [0.05, 0.1) is 5.39 Å². The van der Waals surface area contributed by atoms with Crippen molar-refractivity contribution in [1.82, 2.24) is 9.97 Å². The topological polar surface area (TPSA) is 49.2 Å². The van der Waals surface area contributed by atoms with Gasteiger partial charge in [-0.3, -0.25) is 0 Å².